The van der Waals surface area contributed by atoms with Crippen molar-refractivity contribution >= 4 is 0 Å². The molecule has 0 aliphatic carbocycles. The van der Waals surface area contributed by atoms with Crippen LogP contribution in [0, 0.1) is 0 Å². The molecule has 0 saturated carbocycles. The second-order valence-corrected chi connectivity index (χ2v) is 13.5. The van der Waals surface area contributed by atoms with Crippen molar-refractivity contribution in [1.29, 1.82) is 0 Å². The van der Waals surface area contributed by atoms with Gasteiger partial charge in [-0.05, 0) is 0 Å². The molecule has 122 valence electrons. The van der Waals surface area contributed by atoms with Gasteiger partial charge in [-0.1, -0.05) is 0 Å². The van der Waals surface area contributed by atoms with Crippen molar-refractivity contribution in [1.82, 2.24) is 0 Å². The van der Waals surface area contributed by atoms with E-state index in [0.29, 0.717) is 39.6 Å². The third-order valence-corrected chi connectivity index (χ3v) is 12.6. The van der Waals surface area contributed by atoms with E-state index in [9.17, 15) is 3.32 Å². The Morgan fingerprint density at radius 1 is 0.750 bits per heavy atom. The monoisotopic (exact) mass is 328 g/mol. The van der Waals surface area contributed by atoms with Gasteiger partial charge in [0.25, 0.3) is 0 Å². The first-order valence-electron chi connectivity index (χ1n) is 7.65. The molecule has 0 rings (SSSR count). The topological polar surface area (TPSA) is 54.0 Å². The molecule has 0 aromatic rings. The second-order valence-electron chi connectivity index (χ2n) is 5.52. The SMILES string of the molecule is CCOCC[O][Ti](=[O])([O]CCOCC)([CH](C)C)[CH](C)C. The zero-order chi connectivity index (χ0) is 15.7. The molecule has 5 nitrogen and oxygen atoms in total. The van der Waals surface area contributed by atoms with Gasteiger partial charge >= 0.3 is 125 Å². The van der Waals surface area contributed by atoms with Crippen LogP contribution >= 0.6 is 0 Å². The minimum absolute atomic E-state index is 0.143. The zero-order valence-electron chi connectivity index (χ0n) is 13.9. The fourth-order valence-electron chi connectivity index (χ4n) is 2.27. The molecule has 0 radical (unpaired) electrons. The van der Waals surface area contributed by atoms with Gasteiger partial charge in [-0.3, -0.25) is 0 Å². The van der Waals surface area contributed by atoms with Crippen LogP contribution in [0.15, 0.2) is 0 Å². The van der Waals surface area contributed by atoms with Crippen molar-refractivity contribution in [3.63, 3.8) is 0 Å². The van der Waals surface area contributed by atoms with Gasteiger partial charge in [0.15, 0.2) is 0 Å². The van der Waals surface area contributed by atoms with Crippen LogP contribution in [0.4, 0.5) is 0 Å². The number of hydrogen-bond donors (Lipinski definition) is 0. The molecule has 0 aliphatic heterocycles. The molecule has 6 heteroatoms. The molecule has 0 aromatic heterocycles. The molecule has 0 saturated heterocycles. The molecule has 0 bridgehead atoms. The maximum atomic E-state index is 13.6. The van der Waals surface area contributed by atoms with E-state index in [-0.39, 0.29) is 8.45 Å². The first-order chi connectivity index (χ1) is 9.32. The van der Waals surface area contributed by atoms with E-state index in [0.717, 1.165) is 0 Å². The van der Waals surface area contributed by atoms with Crippen LogP contribution in [0.5, 0.6) is 0 Å². The van der Waals surface area contributed by atoms with E-state index in [1.807, 2.05) is 41.5 Å². The van der Waals surface area contributed by atoms with Crippen LogP contribution in [-0.4, -0.2) is 39.6 Å². The Hall–Kier alpha value is 0.354. The molecule has 0 aromatic carbocycles. The van der Waals surface area contributed by atoms with E-state index in [1.54, 1.807) is 0 Å². The average molecular weight is 328 g/mol. The Balaban J connectivity index is 4.85. The van der Waals surface area contributed by atoms with Gasteiger partial charge in [-0.2, -0.15) is 0 Å². The predicted molar refractivity (Wildman–Crippen MR) is 75.8 cm³/mol. The summed E-state index contributed by atoms with van der Waals surface area (Å²) in [6.45, 7) is 14.2. The van der Waals surface area contributed by atoms with Gasteiger partial charge in [-0.25, -0.2) is 0 Å². The molecule has 0 fully saturated rings. The van der Waals surface area contributed by atoms with Crippen LogP contribution in [0.2, 0.25) is 8.45 Å². The third-order valence-electron chi connectivity index (χ3n) is 3.72. The molecule has 0 atom stereocenters. The van der Waals surface area contributed by atoms with Gasteiger partial charge in [0, 0.05) is 0 Å². The summed E-state index contributed by atoms with van der Waals surface area (Å²) in [4.78, 5) is 0. The number of ether oxygens (including phenoxy) is 2. The summed E-state index contributed by atoms with van der Waals surface area (Å²) < 4.78 is 35.6. The van der Waals surface area contributed by atoms with Crippen molar-refractivity contribution in [3.8, 4) is 0 Å². The van der Waals surface area contributed by atoms with Crippen LogP contribution in [0.25, 0.3) is 0 Å². The Bertz CT molecular complexity index is 285. The Morgan fingerprint density at radius 2 is 1.10 bits per heavy atom. The first kappa shape index (κ1) is 20.4. The average Bonchev–Trinajstić information content (AvgIpc) is 2.40. The van der Waals surface area contributed by atoms with E-state index in [4.69, 9.17) is 16.1 Å². The molecule has 20 heavy (non-hydrogen) atoms. The van der Waals surface area contributed by atoms with E-state index in [1.165, 1.54) is 0 Å². The number of rotatable bonds is 12. The van der Waals surface area contributed by atoms with Crippen molar-refractivity contribution in [2.75, 3.05) is 39.6 Å². The summed E-state index contributed by atoms with van der Waals surface area (Å²) in [5.74, 6) is 0. The van der Waals surface area contributed by atoms with Crippen molar-refractivity contribution in [3.05, 3.63) is 0 Å². The summed E-state index contributed by atoms with van der Waals surface area (Å²) in [5, 5.41) is 0. The molecule has 0 N–H and O–H groups in total. The van der Waals surface area contributed by atoms with Crippen LogP contribution in [0.3, 0.4) is 0 Å². The Kier molecular flexibility index (Phi) is 9.55. The molecular formula is C14H32O5Ti. The Labute approximate surface area is 125 Å². The molecule has 0 amide bonds. The van der Waals surface area contributed by atoms with Crippen LogP contribution in [0.1, 0.15) is 41.5 Å². The Morgan fingerprint density at radius 3 is 1.35 bits per heavy atom. The first-order valence-corrected chi connectivity index (χ1v) is 11.4. The van der Waals surface area contributed by atoms with Crippen molar-refractivity contribution in [2.45, 2.75) is 50.0 Å². The molecular weight excluding hydrogens is 296 g/mol. The molecule has 0 unspecified atom stereocenters. The normalized spacial score (nSPS) is 13.4. The van der Waals surface area contributed by atoms with Gasteiger partial charge in [0.1, 0.15) is 0 Å². The van der Waals surface area contributed by atoms with Crippen LogP contribution < -0.4 is 0 Å². The van der Waals surface area contributed by atoms with Gasteiger partial charge in [0.05, 0.1) is 0 Å². The van der Waals surface area contributed by atoms with E-state index < -0.39 is 16.1 Å². The molecule has 0 spiro atoms. The number of hydrogen-bond acceptors (Lipinski definition) is 5. The van der Waals surface area contributed by atoms with Crippen molar-refractivity contribution < 1.29 is 35.5 Å². The summed E-state index contributed by atoms with van der Waals surface area (Å²) >= 11 is -4.73. The predicted octanol–water partition coefficient (Wildman–Crippen LogP) is 3.61. The standard InChI is InChI=1S/2C4H9O2.2C3H7.O.Ti/c2*1-2-6-4-3-5;2*1-3-2;;/h2*2-4H2,1H3;2*3H,1-2H3;;/q2*-1;;;;+2. The quantitative estimate of drug-likeness (QED) is 0.405. The summed E-state index contributed by atoms with van der Waals surface area (Å²) in [7, 11) is 0. The minimum atomic E-state index is -4.73. The van der Waals surface area contributed by atoms with Crippen molar-refractivity contribution in [2.24, 2.45) is 0 Å². The fraction of sp³-hybridized carbons (Fsp3) is 1.00. The van der Waals surface area contributed by atoms with E-state index >= 15 is 0 Å². The van der Waals surface area contributed by atoms with E-state index in [2.05, 4.69) is 0 Å². The van der Waals surface area contributed by atoms with Gasteiger partial charge in [-0.15, -0.1) is 0 Å². The third kappa shape index (κ3) is 5.28. The summed E-state index contributed by atoms with van der Waals surface area (Å²) in [6.07, 6.45) is 0. The summed E-state index contributed by atoms with van der Waals surface area (Å²) in [6, 6.07) is 0. The zero-order valence-corrected chi connectivity index (χ0v) is 15.5. The van der Waals surface area contributed by atoms with Crippen LogP contribution in [-0.2, 0) is 35.5 Å². The molecule has 0 aliphatic rings. The fourth-order valence-corrected chi connectivity index (χ4v) is 8.08. The maximum absolute atomic E-state index is 13.6. The van der Waals surface area contributed by atoms with Gasteiger partial charge < -0.3 is 0 Å². The molecule has 0 heterocycles. The van der Waals surface area contributed by atoms with Gasteiger partial charge in [0.2, 0.25) is 0 Å². The second kappa shape index (κ2) is 9.39. The summed E-state index contributed by atoms with van der Waals surface area (Å²) in [5.41, 5.74) is 0.